The molecular formula is C18H42Cl2N6O6Zn. The van der Waals surface area contributed by atoms with Crippen LogP contribution in [0.25, 0.3) is 0 Å². The number of halogens is 2. The molecular weight excluding hydrogens is 533 g/mol. The van der Waals surface area contributed by atoms with Crippen molar-refractivity contribution in [3.05, 3.63) is 0 Å². The molecule has 0 bridgehead atoms. The summed E-state index contributed by atoms with van der Waals surface area (Å²) in [5.41, 5.74) is 31.3. The molecule has 12 nitrogen and oxygen atoms in total. The van der Waals surface area contributed by atoms with Crippen LogP contribution in [0, 0.1) is 0 Å². The predicted molar refractivity (Wildman–Crippen MR) is 116 cm³/mol. The van der Waals surface area contributed by atoms with Gasteiger partial charge in [0.05, 0.1) is 0 Å². The van der Waals surface area contributed by atoms with Gasteiger partial charge in [0, 0.05) is 0 Å². The Labute approximate surface area is 221 Å². The number of hydrogen-bond acceptors (Lipinski definition) is 9. The third-order valence-electron chi connectivity index (χ3n) is 3.86. The minimum atomic E-state index is -0.933. The summed E-state index contributed by atoms with van der Waals surface area (Å²) in [5, 5.41) is 25.0. The van der Waals surface area contributed by atoms with Crippen LogP contribution in [0.15, 0.2) is 0 Å². The zero-order valence-corrected chi connectivity index (χ0v) is 23.7. The van der Waals surface area contributed by atoms with Gasteiger partial charge in [-0.25, -0.2) is 0 Å². The van der Waals surface area contributed by atoms with Crippen LogP contribution in [-0.4, -0.2) is 71.0 Å². The van der Waals surface area contributed by atoms with Crippen LogP contribution < -0.4 is 59.2 Å². The van der Waals surface area contributed by atoms with E-state index in [1.54, 1.807) is 0 Å². The molecule has 3 unspecified atom stereocenters. The number of hydrogen-bond donors (Lipinski definition) is 9. The summed E-state index contributed by atoms with van der Waals surface area (Å²) >= 11 is 0. The first kappa shape index (κ1) is 45.8. The quantitative estimate of drug-likeness (QED) is 0.0652. The smallest absolute Gasteiger partial charge is 1.00 e. The molecule has 0 rings (SSSR count). The second-order valence-electron chi connectivity index (χ2n) is 6.69. The third-order valence-corrected chi connectivity index (χ3v) is 3.86. The molecule has 0 spiro atoms. The fraction of sp³-hybridized carbons (Fsp3) is 0.833. The van der Waals surface area contributed by atoms with Gasteiger partial charge in [-0.05, 0) is 58.2 Å². The summed E-state index contributed by atoms with van der Waals surface area (Å²) in [6.07, 6.45) is 6.49. The molecule has 0 fully saturated rings. The first-order chi connectivity index (χ1) is 14.0. The third kappa shape index (κ3) is 38.9. The average molecular weight is 575 g/mol. The molecule has 0 radical (unpaired) electrons. The van der Waals surface area contributed by atoms with Crippen LogP contribution in [0.1, 0.15) is 57.8 Å². The molecule has 0 aromatic rings. The second kappa shape index (κ2) is 33.5. The number of aliphatic carboxylic acids is 3. The fourth-order valence-electron chi connectivity index (χ4n) is 1.90. The molecule has 15 N–H and O–H groups in total. The van der Waals surface area contributed by atoms with Gasteiger partial charge in [-0.3, -0.25) is 14.4 Å². The minimum absolute atomic E-state index is 0. The van der Waals surface area contributed by atoms with Crippen molar-refractivity contribution in [3.8, 4) is 0 Å². The zero-order valence-electron chi connectivity index (χ0n) is 19.2. The first-order valence-electron chi connectivity index (χ1n) is 10.1. The van der Waals surface area contributed by atoms with Crippen LogP contribution in [0.4, 0.5) is 0 Å². The van der Waals surface area contributed by atoms with Gasteiger partial charge in [-0.15, -0.1) is 0 Å². The maximum absolute atomic E-state index is 10.1. The van der Waals surface area contributed by atoms with Crippen LogP contribution in [0.3, 0.4) is 0 Å². The SMILES string of the molecule is NCCCCC(N)C(=O)O.NCCCCC(N)C(=O)O.NCCCCC(N)C(=O)O.[Cl-].[Cl-].[Zn+2]. The van der Waals surface area contributed by atoms with Crippen LogP contribution in [0.2, 0.25) is 0 Å². The molecule has 0 aromatic carbocycles. The Bertz CT molecular complexity index is 397. The number of carbonyl (C=O) groups is 3. The van der Waals surface area contributed by atoms with Gasteiger partial charge in [0.25, 0.3) is 0 Å². The van der Waals surface area contributed by atoms with E-state index in [2.05, 4.69) is 0 Å². The molecule has 0 heterocycles. The van der Waals surface area contributed by atoms with Gasteiger partial charge in [0.1, 0.15) is 18.1 Å². The predicted octanol–water partition coefficient (Wildman–Crippen LogP) is -7.41. The maximum atomic E-state index is 10.1. The van der Waals surface area contributed by atoms with E-state index in [4.69, 9.17) is 49.7 Å². The molecule has 0 saturated carbocycles. The number of carboxylic acid groups (broad SMARTS) is 3. The van der Waals surface area contributed by atoms with Crippen molar-refractivity contribution < 1.29 is 74.0 Å². The van der Waals surface area contributed by atoms with E-state index < -0.39 is 36.0 Å². The van der Waals surface area contributed by atoms with Gasteiger partial charge < -0.3 is 74.5 Å². The van der Waals surface area contributed by atoms with Gasteiger partial charge in [0.2, 0.25) is 0 Å². The van der Waals surface area contributed by atoms with Crippen LogP contribution >= 0.6 is 0 Å². The number of rotatable bonds is 15. The largest absolute Gasteiger partial charge is 2.00 e. The van der Waals surface area contributed by atoms with Gasteiger partial charge in [0.15, 0.2) is 0 Å². The van der Waals surface area contributed by atoms with Crippen LogP contribution in [-0.2, 0) is 33.9 Å². The van der Waals surface area contributed by atoms with Gasteiger partial charge in [-0.2, -0.15) is 0 Å². The van der Waals surface area contributed by atoms with E-state index in [0.717, 1.165) is 38.5 Å². The van der Waals surface area contributed by atoms with Crippen LogP contribution in [0.5, 0.6) is 0 Å². The molecule has 0 aliphatic rings. The summed E-state index contributed by atoms with van der Waals surface area (Å²) < 4.78 is 0. The first-order valence-corrected chi connectivity index (χ1v) is 10.1. The van der Waals surface area contributed by atoms with Gasteiger partial charge >= 0.3 is 37.4 Å². The van der Waals surface area contributed by atoms with E-state index in [0.29, 0.717) is 38.9 Å². The molecule has 15 heteroatoms. The Morgan fingerprint density at radius 2 is 0.697 bits per heavy atom. The molecule has 0 saturated heterocycles. The maximum Gasteiger partial charge on any atom is 2.00 e. The molecule has 0 aliphatic carbocycles. The molecule has 33 heavy (non-hydrogen) atoms. The summed E-state index contributed by atoms with van der Waals surface area (Å²) in [5.74, 6) is -2.80. The average Bonchev–Trinajstić information content (AvgIpc) is 2.69. The molecule has 0 aliphatic heterocycles. The number of unbranched alkanes of at least 4 members (excludes halogenated alkanes) is 3. The summed E-state index contributed by atoms with van der Waals surface area (Å²) in [4.78, 5) is 30.4. The Balaban J connectivity index is -0.0000000792. The Morgan fingerprint density at radius 3 is 0.818 bits per heavy atom. The van der Waals surface area contributed by atoms with Crippen molar-refractivity contribution in [3.63, 3.8) is 0 Å². The van der Waals surface area contributed by atoms with E-state index in [1.807, 2.05) is 0 Å². The van der Waals surface area contributed by atoms with E-state index in [9.17, 15) is 14.4 Å². The summed E-state index contributed by atoms with van der Waals surface area (Å²) in [6.45, 7) is 1.81. The Kier molecular flexibility index (Phi) is 46.6. The number of carboxylic acids is 3. The Morgan fingerprint density at radius 1 is 0.515 bits per heavy atom. The van der Waals surface area contributed by atoms with Crippen molar-refractivity contribution in [2.24, 2.45) is 34.4 Å². The minimum Gasteiger partial charge on any atom is -1.00 e. The van der Waals surface area contributed by atoms with E-state index in [1.165, 1.54) is 0 Å². The van der Waals surface area contributed by atoms with Crippen molar-refractivity contribution >= 4 is 17.9 Å². The van der Waals surface area contributed by atoms with Crippen molar-refractivity contribution in [2.45, 2.75) is 75.9 Å². The monoisotopic (exact) mass is 572 g/mol. The second-order valence-corrected chi connectivity index (χ2v) is 6.69. The van der Waals surface area contributed by atoms with Crippen molar-refractivity contribution in [1.29, 1.82) is 0 Å². The molecule has 196 valence electrons. The molecule has 0 aromatic heterocycles. The van der Waals surface area contributed by atoms with Gasteiger partial charge in [-0.1, -0.05) is 19.3 Å². The zero-order chi connectivity index (χ0) is 23.9. The fourth-order valence-corrected chi connectivity index (χ4v) is 1.90. The van der Waals surface area contributed by atoms with Crippen molar-refractivity contribution in [2.75, 3.05) is 19.6 Å². The molecule has 0 amide bonds. The van der Waals surface area contributed by atoms with E-state index >= 15 is 0 Å². The topological polar surface area (TPSA) is 268 Å². The number of nitrogens with two attached hydrogens (primary N) is 6. The standard InChI is InChI=1S/3C6H14N2O2.2ClH.Zn/c3*7-4-2-1-3-5(8)6(9)10;;;/h3*5H,1-4,7-8H2,(H,9,10);2*1H;/q;;;;;+2/p-2. The Hall–Kier alpha value is -0.627. The van der Waals surface area contributed by atoms with Crippen molar-refractivity contribution in [1.82, 2.24) is 0 Å². The van der Waals surface area contributed by atoms with E-state index in [-0.39, 0.29) is 44.3 Å². The normalized spacial score (nSPS) is 11.8. The molecule has 3 atom stereocenters. The summed E-state index contributed by atoms with van der Waals surface area (Å²) in [7, 11) is 0. The summed E-state index contributed by atoms with van der Waals surface area (Å²) in [6, 6.07) is -2.15.